The summed E-state index contributed by atoms with van der Waals surface area (Å²) in [7, 11) is 0. The maximum atomic E-state index is 12.7. The van der Waals surface area contributed by atoms with Crippen LogP contribution in [0.2, 0.25) is 0 Å². The van der Waals surface area contributed by atoms with Crippen molar-refractivity contribution in [1.82, 2.24) is 14.8 Å². The molecule has 3 aromatic rings. The fraction of sp³-hybridized carbons (Fsp3) is 0.158. The molecule has 3 N–H and O–H groups in total. The minimum atomic E-state index is -0.185. The van der Waals surface area contributed by atoms with Gasteiger partial charge in [-0.05, 0) is 42.3 Å². The van der Waals surface area contributed by atoms with E-state index in [-0.39, 0.29) is 17.1 Å². The number of hydrogen-bond acceptors (Lipinski definition) is 4. The highest BCUT2D eigenvalue weighted by molar-refractivity contribution is 5.70. The highest BCUT2D eigenvalue weighted by Gasteiger charge is 2.13. The number of H-pyrrole nitrogens is 1. The summed E-state index contributed by atoms with van der Waals surface area (Å²) in [5, 5.41) is 22.0. The van der Waals surface area contributed by atoms with Crippen LogP contribution in [0.15, 0.2) is 47.4 Å². The molecule has 0 bridgehead atoms. The van der Waals surface area contributed by atoms with Crippen LogP contribution >= 0.6 is 0 Å². The molecule has 0 spiro atoms. The van der Waals surface area contributed by atoms with Crippen molar-refractivity contribution in [1.29, 1.82) is 0 Å². The van der Waals surface area contributed by atoms with Gasteiger partial charge in [0.25, 0.3) is 5.56 Å². The lowest BCUT2D eigenvalue weighted by Crippen LogP contribution is -2.18. The van der Waals surface area contributed by atoms with Gasteiger partial charge in [0.15, 0.2) is 17.3 Å². The van der Waals surface area contributed by atoms with E-state index >= 15 is 0 Å². The lowest BCUT2D eigenvalue weighted by atomic mass is 10.1. The number of nitrogens with one attached hydrogen (secondary N) is 1. The number of benzene rings is 1. The van der Waals surface area contributed by atoms with Crippen LogP contribution in [0.5, 0.6) is 11.5 Å². The summed E-state index contributed by atoms with van der Waals surface area (Å²) in [6, 6.07) is 9.94. The fourth-order valence-corrected chi connectivity index (χ4v) is 2.59. The normalized spacial score (nSPS) is 11.2. The van der Waals surface area contributed by atoms with Crippen molar-refractivity contribution in [3.05, 3.63) is 69.8 Å². The van der Waals surface area contributed by atoms with Crippen LogP contribution in [0.3, 0.4) is 0 Å². The van der Waals surface area contributed by atoms with Crippen molar-refractivity contribution in [3.63, 3.8) is 0 Å². The lowest BCUT2D eigenvalue weighted by molar-refractivity contribution is 0.403. The quantitative estimate of drug-likeness (QED) is 0.624. The topological polar surface area (TPSA) is 91.1 Å². The Morgan fingerprint density at radius 3 is 2.68 bits per heavy atom. The number of nitrogens with zero attached hydrogens (tertiary/aromatic N) is 2. The molecule has 0 fully saturated rings. The first-order chi connectivity index (χ1) is 12.1. The lowest BCUT2D eigenvalue weighted by Gasteiger charge is -1.99. The van der Waals surface area contributed by atoms with E-state index in [1.807, 2.05) is 13.0 Å². The van der Waals surface area contributed by atoms with Crippen LogP contribution in [-0.2, 0) is 6.42 Å². The summed E-state index contributed by atoms with van der Waals surface area (Å²) < 4.78 is 1.43. The number of hydrogen-bond donors (Lipinski definition) is 3. The zero-order valence-corrected chi connectivity index (χ0v) is 13.8. The van der Waals surface area contributed by atoms with Crippen molar-refractivity contribution in [2.75, 3.05) is 0 Å². The van der Waals surface area contributed by atoms with Gasteiger partial charge in [0.1, 0.15) is 0 Å². The monoisotopic (exact) mass is 337 g/mol. The Balaban J connectivity index is 2.01. The Bertz CT molecular complexity index is 956. The number of phenolic OH excluding ortho intramolecular Hbond substituents is 2. The number of aromatic hydroxyl groups is 2. The molecule has 1 aromatic carbocycles. The van der Waals surface area contributed by atoms with Gasteiger partial charge < -0.3 is 10.2 Å². The van der Waals surface area contributed by atoms with E-state index in [1.165, 1.54) is 16.8 Å². The SMILES string of the molecule is CCCc1c(/C=C/c2ccc(O)c(O)c2)[nH]n(-c2ccccn2)c1=O. The standard InChI is InChI=1S/C19H19N3O3/c1-2-5-14-15(9-7-13-8-10-16(23)17(24)12-13)21-22(19(14)25)18-6-3-4-11-20-18/h3-4,6-12,21,23-24H,2,5H2,1H3/b9-7+. The summed E-state index contributed by atoms with van der Waals surface area (Å²) in [6.45, 7) is 2.02. The van der Waals surface area contributed by atoms with Gasteiger partial charge in [0.05, 0.1) is 5.69 Å². The smallest absolute Gasteiger partial charge is 0.276 e. The van der Waals surface area contributed by atoms with Gasteiger partial charge in [-0.25, -0.2) is 9.67 Å². The highest BCUT2D eigenvalue weighted by Crippen LogP contribution is 2.25. The van der Waals surface area contributed by atoms with E-state index < -0.39 is 0 Å². The molecule has 0 saturated heterocycles. The van der Waals surface area contributed by atoms with Crippen molar-refractivity contribution in [3.8, 4) is 17.3 Å². The zero-order valence-electron chi connectivity index (χ0n) is 13.8. The maximum Gasteiger partial charge on any atom is 0.276 e. The molecule has 2 heterocycles. The van der Waals surface area contributed by atoms with Crippen molar-refractivity contribution < 1.29 is 10.2 Å². The van der Waals surface area contributed by atoms with Gasteiger partial charge in [0, 0.05) is 11.8 Å². The molecule has 128 valence electrons. The first-order valence-electron chi connectivity index (χ1n) is 8.05. The molecule has 0 atom stereocenters. The van der Waals surface area contributed by atoms with E-state index in [9.17, 15) is 15.0 Å². The summed E-state index contributed by atoms with van der Waals surface area (Å²) in [5.41, 5.74) is 1.98. The van der Waals surface area contributed by atoms with Gasteiger partial charge in [-0.3, -0.25) is 9.89 Å². The fourth-order valence-electron chi connectivity index (χ4n) is 2.59. The molecule has 0 aliphatic carbocycles. The van der Waals surface area contributed by atoms with Gasteiger partial charge in [0.2, 0.25) is 0 Å². The zero-order chi connectivity index (χ0) is 17.8. The maximum absolute atomic E-state index is 12.7. The summed E-state index contributed by atoms with van der Waals surface area (Å²) in [5.74, 6) is 0.181. The minimum absolute atomic E-state index is 0.117. The van der Waals surface area contributed by atoms with E-state index in [0.29, 0.717) is 29.1 Å². The van der Waals surface area contributed by atoms with E-state index in [0.717, 1.165) is 6.42 Å². The Morgan fingerprint density at radius 1 is 1.16 bits per heavy atom. The van der Waals surface area contributed by atoms with Crippen LogP contribution in [0.25, 0.3) is 18.0 Å². The molecular weight excluding hydrogens is 318 g/mol. The summed E-state index contributed by atoms with van der Waals surface area (Å²) in [4.78, 5) is 16.9. The predicted octanol–water partition coefficient (Wildman–Crippen LogP) is 3.09. The third-order valence-corrected chi connectivity index (χ3v) is 3.84. The van der Waals surface area contributed by atoms with Gasteiger partial charge in [-0.2, -0.15) is 0 Å². The molecule has 0 aliphatic heterocycles. The molecule has 25 heavy (non-hydrogen) atoms. The Hall–Kier alpha value is -3.28. The third-order valence-electron chi connectivity index (χ3n) is 3.84. The minimum Gasteiger partial charge on any atom is -0.504 e. The number of pyridine rings is 1. The molecule has 6 heteroatoms. The van der Waals surface area contributed by atoms with E-state index in [1.54, 1.807) is 36.5 Å². The molecular formula is C19H19N3O3. The Kier molecular flexibility index (Phi) is 4.70. The first kappa shape index (κ1) is 16.6. The molecule has 0 radical (unpaired) electrons. The van der Waals surface area contributed by atoms with Crippen LogP contribution < -0.4 is 5.56 Å². The number of phenols is 2. The van der Waals surface area contributed by atoms with Crippen LogP contribution in [0.1, 0.15) is 30.2 Å². The average molecular weight is 337 g/mol. The second kappa shape index (κ2) is 7.09. The summed E-state index contributed by atoms with van der Waals surface area (Å²) >= 11 is 0. The average Bonchev–Trinajstić information content (AvgIpc) is 2.93. The van der Waals surface area contributed by atoms with E-state index in [4.69, 9.17) is 0 Å². The molecule has 0 aliphatic rings. The number of aromatic nitrogens is 3. The third kappa shape index (κ3) is 3.47. The van der Waals surface area contributed by atoms with Gasteiger partial charge >= 0.3 is 0 Å². The van der Waals surface area contributed by atoms with Gasteiger partial charge in [-0.15, -0.1) is 0 Å². The molecule has 6 nitrogen and oxygen atoms in total. The van der Waals surface area contributed by atoms with Crippen molar-refractivity contribution in [2.24, 2.45) is 0 Å². The van der Waals surface area contributed by atoms with E-state index in [2.05, 4.69) is 10.1 Å². The number of aromatic amines is 1. The highest BCUT2D eigenvalue weighted by atomic mass is 16.3. The molecule has 0 unspecified atom stereocenters. The predicted molar refractivity (Wildman–Crippen MR) is 96.9 cm³/mol. The molecule has 0 saturated carbocycles. The first-order valence-corrected chi connectivity index (χ1v) is 8.05. The van der Waals surface area contributed by atoms with Crippen molar-refractivity contribution in [2.45, 2.75) is 19.8 Å². The Labute approximate surface area is 144 Å². The molecule has 3 rings (SSSR count). The summed E-state index contributed by atoms with van der Waals surface area (Å²) in [6.07, 6.45) is 6.69. The molecule has 2 aromatic heterocycles. The largest absolute Gasteiger partial charge is 0.504 e. The second-order valence-electron chi connectivity index (χ2n) is 5.66. The van der Waals surface area contributed by atoms with Gasteiger partial charge in [-0.1, -0.05) is 31.6 Å². The van der Waals surface area contributed by atoms with Crippen LogP contribution in [-0.4, -0.2) is 25.0 Å². The second-order valence-corrected chi connectivity index (χ2v) is 5.66. The van der Waals surface area contributed by atoms with Crippen LogP contribution in [0.4, 0.5) is 0 Å². The molecule has 0 amide bonds. The van der Waals surface area contributed by atoms with Crippen LogP contribution in [0, 0.1) is 0 Å². The number of rotatable bonds is 5. The Morgan fingerprint density at radius 2 is 2.00 bits per heavy atom. The van der Waals surface area contributed by atoms with Crippen molar-refractivity contribution >= 4 is 12.2 Å².